The molecule has 4 aromatic rings. The van der Waals surface area contributed by atoms with Crippen LogP contribution in [0.2, 0.25) is 0 Å². The third kappa shape index (κ3) is 1.55. The Kier molecular flexibility index (Phi) is 2.25. The van der Waals surface area contributed by atoms with Gasteiger partial charge in [0.25, 0.3) is 5.69 Å². The van der Waals surface area contributed by atoms with Gasteiger partial charge in [-0.05, 0) is 36.8 Å². The van der Waals surface area contributed by atoms with Crippen LogP contribution in [0.5, 0.6) is 11.5 Å². The Bertz CT molecular complexity index is 1130. The topological polar surface area (TPSA) is 26.2 Å². The number of halogens is 1. The maximum Gasteiger partial charge on any atom is 0.257 e. The van der Waals surface area contributed by atoms with Gasteiger partial charge in [0.15, 0.2) is 11.9 Å². The van der Waals surface area contributed by atoms with Crippen LogP contribution in [-0.2, 0) is 7.05 Å². The monoisotopic (exact) mass is 306 g/mol. The lowest BCUT2D eigenvalue weighted by atomic mass is 9.96. The molecule has 0 fully saturated rings. The summed E-state index contributed by atoms with van der Waals surface area (Å²) >= 11 is 0. The van der Waals surface area contributed by atoms with Crippen molar-refractivity contribution < 1.29 is 18.1 Å². The van der Waals surface area contributed by atoms with E-state index >= 15 is 0 Å². The number of ether oxygens (including phenoxy) is 1. The van der Waals surface area contributed by atoms with Crippen molar-refractivity contribution in [2.45, 2.75) is 6.92 Å². The van der Waals surface area contributed by atoms with Crippen molar-refractivity contribution in [3.8, 4) is 22.8 Å². The zero-order valence-corrected chi connectivity index (χ0v) is 12.7. The molecule has 1 aliphatic rings. The molecule has 0 amide bonds. The quantitative estimate of drug-likeness (QED) is 0.390. The summed E-state index contributed by atoms with van der Waals surface area (Å²) in [5.74, 6) is 1.09. The Labute approximate surface area is 131 Å². The predicted octanol–water partition coefficient (Wildman–Crippen LogP) is 4.63. The van der Waals surface area contributed by atoms with Gasteiger partial charge in [0, 0.05) is 10.8 Å². The average Bonchev–Trinajstić information content (AvgIpc) is 2.95. The molecule has 1 aliphatic heterocycles. The number of benzene rings is 2. The van der Waals surface area contributed by atoms with Crippen molar-refractivity contribution in [1.82, 2.24) is 0 Å². The van der Waals surface area contributed by atoms with Crippen LogP contribution >= 0.6 is 0 Å². The van der Waals surface area contributed by atoms with E-state index in [0.717, 1.165) is 38.6 Å². The molecule has 5 rings (SSSR count). The minimum atomic E-state index is -0.273. The van der Waals surface area contributed by atoms with Crippen LogP contribution < -0.4 is 9.30 Å². The zero-order valence-electron chi connectivity index (χ0n) is 12.7. The predicted molar refractivity (Wildman–Crippen MR) is 85.1 cm³/mol. The molecule has 0 aliphatic carbocycles. The fourth-order valence-corrected chi connectivity index (χ4v) is 3.49. The van der Waals surface area contributed by atoms with Crippen molar-refractivity contribution in [1.29, 1.82) is 0 Å². The van der Waals surface area contributed by atoms with Crippen LogP contribution in [0.25, 0.3) is 33.0 Å². The fraction of sp³-hybridized carbons (Fsp3) is 0.105. The van der Waals surface area contributed by atoms with Gasteiger partial charge in [-0.3, -0.25) is 0 Å². The molecular formula is C19H13FNO2+. The molecule has 0 spiro atoms. The van der Waals surface area contributed by atoms with Gasteiger partial charge >= 0.3 is 0 Å². The standard InChI is InChI=1S/C19H13FNO2/c1-10-3-6-14-17-15(9-22-14)23-19-13-7-12(20)5-4-11(13)8-21(2)18(19)16(10)17/h3-9H,1-2H3/q+1. The Morgan fingerprint density at radius 1 is 1.13 bits per heavy atom. The summed E-state index contributed by atoms with van der Waals surface area (Å²) in [6.45, 7) is 2.07. The minimum Gasteiger partial charge on any atom is -0.460 e. The van der Waals surface area contributed by atoms with E-state index in [-0.39, 0.29) is 5.82 Å². The first kappa shape index (κ1) is 12.6. The van der Waals surface area contributed by atoms with Crippen LogP contribution in [0.15, 0.2) is 47.2 Å². The first-order valence-corrected chi connectivity index (χ1v) is 7.44. The smallest absolute Gasteiger partial charge is 0.257 e. The summed E-state index contributed by atoms with van der Waals surface area (Å²) < 4.78 is 27.5. The van der Waals surface area contributed by atoms with E-state index in [1.54, 1.807) is 12.3 Å². The van der Waals surface area contributed by atoms with E-state index in [2.05, 4.69) is 6.92 Å². The number of pyridine rings is 1. The maximum absolute atomic E-state index is 13.8. The van der Waals surface area contributed by atoms with E-state index in [9.17, 15) is 4.39 Å². The van der Waals surface area contributed by atoms with Crippen molar-refractivity contribution in [2.75, 3.05) is 0 Å². The molecular weight excluding hydrogens is 293 g/mol. The van der Waals surface area contributed by atoms with Crippen molar-refractivity contribution in [2.24, 2.45) is 7.05 Å². The molecule has 23 heavy (non-hydrogen) atoms. The largest absolute Gasteiger partial charge is 0.460 e. The van der Waals surface area contributed by atoms with Crippen LogP contribution in [0.3, 0.4) is 0 Å². The summed E-state index contributed by atoms with van der Waals surface area (Å²) in [7, 11) is 1.98. The summed E-state index contributed by atoms with van der Waals surface area (Å²) in [6, 6.07) is 8.75. The van der Waals surface area contributed by atoms with Crippen molar-refractivity contribution in [3.63, 3.8) is 0 Å². The van der Waals surface area contributed by atoms with E-state index in [0.29, 0.717) is 11.5 Å². The number of hydrogen-bond acceptors (Lipinski definition) is 2. The minimum absolute atomic E-state index is 0.273. The average molecular weight is 306 g/mol. The normalized spacial score (nSPS) is 12.5. The molecule has 3 nitrogen and oxygen atoms in total. The van der Waals surface area contributed by atoms with E-state index < -0.39 is 0 Å². The molecule has 2 aromatic heterocycles. The number of fused-ring (bicyclic) bond motifs is 4. The molecule has 0 saturated heterocycles. The number of aryl methyl sites for hydroxylation is 2. The molecule has 4 heteroatoms. The Balaban J connectivity index is 2.02. The summed E-state index contributed by atoms with van der Waals surface area (Å²) in [6.07, 6.45) is 3.62. The lowest BCUT2D eigenvalue weighted by Crippen LogP contribution is -2.32. The highest BCUT2D eigenvalue weighted by Crippen LogP contribution is 2.49. The van der Waals surface area contributed by atoms with Crippen LogP contribution in [-0.4, -0.2) is 0 Å². The third-order valence-corrected chi connectivity index (χ3v) is 4.52. The van der Waals surface area contributed by atoms with Gasteiger partial charge in [0.1, 0.15) is 24.7 Å². The maximum atomic E-state index is 13.8. The highest BCUT2D eigenvalue weighted by atomic mass is 19.1. The van der Waals surface area contributed by atoms with Gasteiger partial charge in [-0.15, -0.1) is 0 Å². The molecule has 2 aromatic carbocycles. The molecule has 3 heterocycles. The SMILES string of the molecule is Cc1ccc2occ3c2c1-c1c(c2cc(F)ccc2c[n+]1C)O3. The van der Waals surface area contributed by atoms with E-state index in [1.165, 1.54) is 12.1 Å². The number of nitrogens with zero attached hydrogens (tertiary/aromatic N) is 1. The van der Waals surface area contributed by atoms with Gasteiger partial charge in [-0.1, -0.05) is 6.07 Å². The number of hydrogen-bond donors (Lipinski definition) is 0. The molecule has 0 N–H and O–H groups in total. The molecule has 0 bridgehead atoms. The molecule has 0 unspecified atom stereocenters. The second-order valence-electron chi connectivity index (χ2n) is 5.98. The van der Waals surface area contributed by atoms with Gasteiger partial charge in [-0.25, -0.2) is 4.39 Å². The van der Waals surface area contributed by atoms with Crippen LogP contribution in [0.4, 0.5) is 4.39 Å². The molecule has 0 atom stereocenters. The first-order chi connectivity index (χ1) is 11.1. The lowest BCUT2D eigenvalue weighted by molar-refractivity contribution is -0.659. The highest BCUT2D eigenvalue weighted by Gasteiger charge is 2.32. The molecule has 112 valence electrons. The highest BCUT2D eigenvalue weighted by molar-refractivity contribution is 6.05. The summed E-state index contributed by atoms with van der Waals surface area (Å²) in [4.78, 5) is 0. The van der Waals surface area contributed by atoms with Gasteiger partial charge in [-0.2, -0.15) is 4.57 Å². The molecule has 0 radical (unpaired) electrons. The fourth-order valence-electron chi connectivity index (χ4n) is 3.49. The van der Waals surface area contributed by atoms with E-state index in [1.807, 2.05) is 29.9 Å². The zero-order chi connectivity index (χ0) is 15.7. The Morgan fingerprint density at radius 3 is 2.87 bits per heavy atom. The van der Waals surface area contributed by atoms with Crippen LogP contribution in [0, 0.1) is 12.7 Å². The lowest BCUT2D eigenvalue weighted by Gasteiger charge is -2.18. The van der Waals surface area contributed by atoms with E-state index in [4.69, 9.17) is 9.15 Å². The first-order valence-electron chi connectivity index (χ1n) is 7.44. The summed E-state index contributed by atoms with van der Waals surface area (Å²) in [5.41, 5.74) is 3.96. The van der Waals surface area contributed by atoms with Crippen molar-refractivity contribution in [3.05, 3.63) is 54.2 Å². The molecule has 0 saturated carbocycles. The number of aromatic nitrogens is 1. The van der Waals surface area contributed by atoms with Crippen LogP contribution in [0.1, 0.15) is 5.56 Å². The number of furan rings is 1. The number of rotatable bonds is 0. The Hall–Kier alpha value is -2.88. The Morgan fingerprint density at radius 2 is 2.00 bits per heavy atom. The van der Waals surface area contributed by atoms with Gasteiger partial charge < -0.3 is 9.15 Å². The van der Waals surface area contributed by atoms with Crippen molar-refractivity contribution >= 4 is 21.7 Å². The second-order valence-corrected chi connectivity index (χ2v) is 5.98. The third-order valence-electron chi connectivity index (χ3n) is 4.52. The second kappa shape index (κ2) is 4.10. The van der Waals surface area contributed by atoms with Gasteiger partial charge in [0.05, 0.1) is 10.9 Å². The summed E-state index contributed by atoms with van der Waals surface area (Å²) in [5, 5.41) is 2.68. The van der Waals surface area contributed by atoms with Gasteiger partial charge in [0.2, 0.25) is 5.75 Å².